The molecule has 1 aliphatic rings. The van der Waals surface area contributed by atoms with Gasteiger partial charge in [-0.25, -0.2) is 0 Å². The Balaban J connectivity index is 1.99. The molecule has 0 saturated heterocycles. The quantitative estimate of drug-likeness (QED) is 0.378. The van der Waals surface area contributed by atoms with Crippen LogP contribution in [0.2, 0.25) is 0 Å². The summed E-state index contributed by atoms with van der Waals surface area (Å²) in [5.41, 5.74) is 11.2. The number of hydrogen-bond acceptors (Lipinski definition) is 0. The normalized spacial score (nSPS) is 12.1. The van der Waals surface area contributed by atoms with Crippen LogP contribution in [0.5, 0.6) is 0 Å². The molecule has 22 heavy (non-hydrogen) atoms. The van der Waals surface area contributed by atoms with Crippen LogP contribution < -0.4 is 0 Å². The summed E-state index contributed by atoms with van der Waals surface area (Å²) in [5, 5.41) is 0. The minimum atomic E-state index is 1.05. The molecule has 0 aromatic heterocycles. The highest BCUT2D eigenvalue weighted by Crippen LogP contribution is 2.44. The van der Waals surface area contributed by atoms with Gasteiger partial charge in [0.2, 0.25) is 0 Å². The molecular formula is C21H17Br. The molecule has 1 heteroatoms. The van der Waals surface area contributed by atoms with Crippen molar-refractivity contribution in [1.29, 1.82) is 0 Å². The van der Waals surface area contributed by atoms with Gasteiger partial charge >= 0.3 is 0 Å². The number of fused-ring (bicyclic) bond motifs is 3. The molecule has 0 aliphatic heterocycles. The summed E-state index contributed by atoms with van der Waals surface area (Å²) in [6.07, 6.45) is 1.05. The molecule has 3 aromatic carbocycles. The lowest BCUT2D eigenvalue weighted by molar-refractivity contribution is 1.21. The standard InChI is InChI=1S/C21H17Br/c1-13-11-19-16-8-4-3-7-15(16)12-18(19)14(2)21(13)17-9-5-6-10-20(17)22/h3-11H,12H2,1-2H3. The smallest absolute Gasteiger partial charge is 0.0253 e. The molecule has 0 fully saturated rings. The number of halogens is 1. The molecule has 3 aromatic rings. The second kappa shape index (κ2) is 5.10. The average molecular weight is 349 g/mol. The Morgan fingerprint density at radius 3 is 2.27 bits per heavy atom. The molecule has 0 unspecified atom stereocenters. The van der Waals surface area contributed by atoms with E-state index in [1.165, 1.54) is 44.5 Å². The first-order valence-electron chi connectivity index (χ1n) is 7.63. The van der Waals surface area contributed by atoms with Crippen molar-refractivity contribution in [3.05, 3.63) is 81.3 Å². The van der Waals surface area contributed by atoms with Crippen LogP contribution in [-0.2, 0) is 6.42 Å². The highest BCUT2D eigenvalue weighted by atomic mass is 79.9. The van der Waals surface area contributed by atoms with Gasteiger partial charge in [0, 0.05) is 4.47 Å². The molecule has 0 N–H and O–H groups in total. The van der Waals surface area contributed by atoms with Crippen LogP contribution in [0.4, 0.5) is 0 Å². The number of benzene rings is 3. The molecule has 0 radical (unpaired) electrons. The zero-order valence-corrected chi connectivity index (χ0v) is 14.4. The van der Waals surface area contributed by atoms with Crippen LogP contribution in [0.1, 0.15) is 22.3 Å². The van der Waals surface area contributed by atoms with Gasteiger partial charge in [0.15, 0.2) is 0 Å². The molecule has 1 aliphatic carbocycles. The summed E-state index contributed by atoms with van der Waals surface area (Å²) >= 11 is 3.71. The maximum Gasteiger partial charge on any atom is 0.0253 e. The highest BCUT2D eigenvalue weighted by molar-refractivity contribution is 9.10. The van der Waals surface area contributed by atoms with Crippen LogP contribution in [-0.4, -0.2) is 0 Å². The number of hydrogen-bond donors (Lipinski definition) is 0. The predicted octanol–water partition coefficient (Wildman–Crippen LogP) is 6.30. The highest BCUT2D eigenvalue weighted by Gasteiger charge is 2.23. The van der Waals surface area contributed by atoms with E-state index in [9.17, 15) is 0 Å². The lowest BCUT2D eigenvalue weighted by Gasteiger charge is -2.16. The van der Waals surface area contributed by atoms with Gasteiger partial charge in [-0.05, 0) is 70.8 Å². The van der Waals surface area contributed by atoms with Crippen LogP contribution in [0.3, 0.4) is 0 Å². The molecule has 0 amide bonds. The molecule has 0 bridgehead atoms. The lowest BCUT2D eigenvalue weighted by Crippen LogP contribution is -1.95. The maximum absolute atomic E-state index is 3.71. The fraction of sp³-hybridized carbons (Fsp3) is 0.143. The van der Waals surface area contributed by atoms with Gasteiger partial charge < -0.3 is 0 Å². The molecule has 0 nitrogen and oxygen atoms in total. The van der Waals surface area contributed by atoms with Crippen LogP contribution in [0.15, 0.2) is 59.1 Å². The Bertz CT molecular complexity index is 890. The van der Waals surface area contributed by atoms with Crippen molar-refractivity contribution in [1.82, 2.24) is 0 Å². The van der Waals surface area contributed by atoms with Crippen molar-refractivity contribution in [2.24, 2.45) is 0 Å². The van der Waals surface area contributed by atoms with Crippen molar-refractivity contribution in [2.45, 2.75) is 20.3 Å². The van der Waals surface area contributed by atoms with Gasteiger partial charge in [-0.15, -0.1) is 0 Å². The fourth-order valence-electron chi connectivity index (χ4n) is 3.70. The third-order valence-corrected chi connectivity index (χ3v) is 5.42. The zero-order chi connectivity index (χ0) is 15.3. The summed E-state index contributed by atoms with van der Waals surface area (Å²) < 4.78 is 1.16. The van der Waals surface area contributed by atoms with Crippen molar-refractivity contribution in [3.63, 3.8) is 0 Å². The molecule has 0 saturated carbocycles. The molecule has 0 atom stereocenters. The molecular weight excluding hydrogens is 332 g/mol. The minimum Gasteiger partial charge on any atom is -0.0619 e. The first-order valence-corrected chi connectivity index (χ1v) is 8.42. The third kappa shape index (κ3) is 1.96. The maximum atomic E-state index is 3.71. The molecule has 0 heterocycles. The summed E-state index contributed by atoms with van der Waals surface area (Å²) in [6, 6.07) is 19.7. The Morgan fingerprint density at radius 1 is 0.818 bits per heavy atom. The Kier molecular flexibility index (Phi) is 3.19. The molecule has 0 spiro atoms. The Labute approximate surface area is 140 Å². The van der Waals surface area contributed by atoms with E-state index < -0.39 is 0 Å². The Hall–Kier alpha value is -1.86. The van der Waals surface area contributed by atoms with Crippen LogP contribution in [0.25, 0.3) is 22.3 Å². The van der Waals surface area contributed by atoms with E-state index in [4.69, 9.17) is 0 Å². The number of rotatable bonds is 1. The van der Waals surface area contributed by atoms with Crippen molar-refractivity contribution in [2.75, 3.05) is 0 Å². The van der Waals surface area contributed by atoms with E-state index in [2.05, 4.69) is 84.4 Å². The summed E-state index contributed by atoms with van der Waals surface area (Å²) in [4.78, 5) is 0. The number of aryl methyl sites for hydroxylation is 1. The fourth-order valence-corrected chi connectivity index (χ4v) is 4.18. The Morgan fingerprint density at radius 2 is 1.50 bits per heavy atom. The van der Waals surface area contributed by atoms with Gasteiger partial charge in [-0.2, -0.15) is 0 Å². The van der Waals surface area contributed by atoms with E-state index in [-0.39, 0.29) is 0 Å². The molecule has 108 valence electrons. The largest absolute Gasteiger partial charge is 0.0619 e. The van der Waals surface area contributed by atoms with Crippen molar-refractivity contribution < 1.29 is 0 Å². The lowest BCUT2D eigenvalue weighted by atomic mass is 9.89. The SMILES string of the molecule is Cc1cc2c(c(C)c1-c1ccccc1Br)Cc1ccccc1-2. The van der Waals surface area contributed by atoms with E-state index in [1.807, 2.05) is 0 Å². The van der Waals surface area contributed by atoms with Gasteiger partial charge in [0.1, 0.15) is 0 Å². The molecule has 4 rings (SSSR count). The van der Waals surface area contributed by atoms with Crippen molar-refractivity contribution in [3.8, 4) is 22.3 Å². The van der Waals surface area contributed by atoms with Gasteiger partial charge in [0.05, 0.1) is 0 Å². The zero-order valence-electron chi connectivity index (χ0n) is 12.8. The first kappa shape index (κ1) is 13.8. The van der Waals surface area contributed by atoms with E-state index in [0.29, 0.717) is 0 Å². The average Bonchev–Trinajstić information content (AvgIpc) is 2.88. The summed E-state index contributed by atoms with van der Waals surface area (Å²) in [7, 11) is 0. The topological polar surface area (TPSA) is 0 Å². The van der Waals surface area contributed by atoms with Crippen LogP contribution >= 0.6 is 15.9 Å². The van der Waals surface area contributed by atoms with Gasteiger partial charge in [0.25, 0.3) is 0 Å². The monoisotopic (exact) mass is 348 g/mol. The summed E-state index contributed by atoms with van der Waals surface area (Å²) in [5.74, 6) is 0. The predicted molar refractivity (Wildman–Crippen MR) is 97.3 cm³/mol. The summed E-state index contributed by atoms with van der Waals surface area (Å²) in [6.45, 7) is 4.50. The first-order chi connectivity index (χ1) is 10.7. The van der Waals surface area contributed by atoms with Gasteiger partial charge in [-0.3, -0.25) is 0 Å². The minimum absolute atomic E-state index is 1.05. The van der Waals surface area contributed by atoms with Crippen molar-refractivity contribution >= 4 is 15.9 Å². The van der Waals surface area contributed by atoms with Crippen LogP contribution in [0, 0.1) is 13.8 Å². The van der Waals surface area contributed by atoms with E-state index in [1.54, 1.807) is 0 Å². The van der Waals surface area contributed by atoms with E-state index in [0.717, 1.165) is 10.9 Å². The third-order valence-electron chi connectivity index (χ3n) is 4.73. The second-order valence-corrected chi connectivity index (χ2v) is 6.89. The second-order valence-electron chi connectivity index (χ2n) is 6.03. The van der Waals surface area contributed by atoms with E-state index >= 15 is 0 Å². The van der Waals surface area contributed by atoms with Gasteiger partial charge in [-0.1, -0.05) is 64.5 Å².